The lowest BCUT2D eigenvalue weighted by molar-refractivity contribution is -0.142. The zero-order valence-electron chi connectivity index (χ0n) is 16.0. The van der Waals surface area contributed by atoms with Gasteiger partial charge in [0.05, 0.1) is 24.8 Å². The molecule has 1 amide bonds. The number of anilines is 1. The number of ether oxygens (including phenoxy) is 3. The van der Waals surface area contributed by atoms with Gasteiger partial charge in [0, 0.05) is 6.54 Å². The van der Waals surface area contributed by atoms with Gasteiger partial charge in [-0.15, -0.1) is 0 Å². The number of hydrogen-bond donors (Lipinski definition) is 0. The summed E-state index contributed by atoms with van der Waals surface area (Å²) in [6.07, 6.45) is -0.775. The number of fused-ring (bicyclic) bond motifs is 1. The van der Waals surface area contributed by atoms with Crippen molar-refractivity contribution in [2.45, 2.75) is 19.4 Å². The predicted octanol–water partition coefficient (Wildman–Crippen LogP) is 2.76. The summed E-state index contributed by atoms with van der Waals surface area (Å²) in [5, 5.41) is 0. The van der Waals surface area contributed by atoms with Crippen molar-refractivity contribution in [1.82, 2.24) is 0 Å². The van der Waals surface area contributed by atoms with Crippen LogP contribution >= 0.6 is 0 Å². The van der Waals surface area contributed by atoms with E-state index in [0.717, 1.165) is 6.07 Å². The Bertz CT molecular complexity index is 945. The number of carbonyl (C=O) groups excluding carboxylic acids is 3. The first-order valence-corrected chi connectivity index (χ1v) is 9.00. The summed E-state index contributed by atoms with van der Waals surface area (Å²) >= 11 is 0. The highest BCUT2D eigenvalue weighted by molar-refractivity contribution is 6.01. The van der Waals surface area contributed by atoms with Crippen molar-refractivity contribution < 1.29 is 33.0 Å². The fraction of sp³-hybridized carbons (Fsp3) is 0.286. The molecule has 2 aromatic carbocycles. The fourth-order valence-electron chi connectivity index (χ4n) is 2.99. The standard InChI is InChI=1S/C21H20FNO6/c1-13-21(26)23(16-5-3-4-6-19(16)29-13)10-9-20(25)28-12-17(24)15-11-14(22)7-8-18(15)27-2/h3-8,11,13H,9-10,12H2,1-2H3. The van der Waals surface area contributed by atoms with Crippen molar-refractivity contribution in [2.75, 3.05) is 25.2 Å². The summed E-state index contributed by atoms with van der Waals surface area (Å²) in [6.45, 7) is 1.16. The number of para-hydroxylation sites is 2. The lowest BCUT2D eigenvalue weighted by Crippen LogP contribution is -2.45. The van der Waals surface area contributed by atoms with Crippen LogP contribution in [0.5, 0.6) is 11.5 Å². The molecule has 152 valence electrons. The third-order valence-corrected chi connectivity index (χ3v) is 4.44. The first kappa shape index (κ1) is 20.3. The number of esters is 1. The molecule has 0 aromatic heterocycles. The Labute approximate surface area is 167 Å². The maximum atomic E-state index is 13.4. The molecule has 0 N–H and O–H groups in total. The van der Waals surface area contributed by atoms with Crippen molar-refractivity contribution in [3.05, 3.63) is 53.8 Å². The van der Waals surface area contributed by atoms with Gasteiger partial charge in [0.25, 0.3) is 5.91 Å². The molecular formula is C21H20FNO6. The van der Waals surface area contributed by atoms with Gasteiger partial charge in [-0.05, 0) is 37.3 Å². The number of halogens is 1. The second kappa shape index (κ2) is 8.72. The highest BCUT2D eigenvalue weighted by Crippen LogP contribution is 2.33. The van der Waals surface area contributed by atoms with E-state index in [2.05, 4.69) is 0 Å². The van der Waals surface area contributed by atoms with Gasteiger partial charge in [0.1, 0.15) is 17.3 Å². The van der Waals surface area contributed by atoms with E-state index in [1.807, 2.05) is 0 Å². The van der Waals surface area contributed by atoms with E-state index in [1.165, 1.54) is 24.1 Å². The molecule has 2 aromatic rings. The van der Waals surface area contributed by atoms with Crippen LogP contribution in [0.3, 0.4) is 0 Å². The van der Waals surface area contributed by atoms with E-state index in [-0.39, 0.29) is 30.2 Å². The van der Waals surface area contributed by atoms with Crippen LogP contribution in [-0.2, 0) is 14.3 Å². The van der Waals surface area contributed by atoms with Crippen LogP contribution in [0.4, 0.5) is 10.1 Å². The minimum atomic E-state index is -0.664. The van der Waals surface area contributed by atoms with Crippen LogP contribution in [0.25, 0.3) is 0 Å². The lowest BCUT2D eigenvalue weighted by atomic mass is 10.1. The van der Waals surface area contributed by atoms with E-state index < -0.39 is 30.3 Å². The van der Waals surface area contributed by atoms with Crippen LogP contribution in [0.15, 0.2) is 42.5 Å². The number of benzene rings is 2. The number of rotatable bonds is 7. The summed E-state index contributed by atoms with van der Waals surface area (Å²) in [6, 6.07) is 10.5. The summed E-state index contributed by atoms with van der Waals surface area (Å²) in [4.78, 5) is 38.2. The van der Waals surface area contributed by atoms with E-state index in [4.69, 9.17) is 14.2 Å². The fourth-order valence-corrected chi connectivity index (χ4v) is 2.99. The van der Waals surface area contributed by atoms with Crippen molar-refractivity contribution >= 4 is 23.3 Å². The smallest absolute Gasteiger partial charge is 0.308 e. The number of ketones is 1. The molecule has 7 nitrogen and oxygen atoms in total. The number of nitrogens with zero attached hydrogens (tertiary/aromatic N) is 1. The Hall–Kier alpha value is -3.42. The molecule has 0 radical (unpaired) electrons. The van der Waals surface area contributed by atoms with Crippen LogP contribution in [0.1, 0.15) is 23.7 Å². The van der Waals surface area contributed by atoms with E-state index in [1.54, 1.807) is 31.2 Å². The molecule has 1 heterocycles. The molecule has 0 aliphatic carbocycles. The number of hydrogen-bond acceptors (Lipinski definition) is 6. The Morgan fingerprint density at radius 3 is 2.72 bits per heavy atom. The number of Topliss-reactive ketones (excluding diaryl/α,β-unsaturated/α-hetero) is 1. The molecule has 1 atom stereocenters. The number of amides is 1. The maximum Gasteiger partial charge on any atom is 0.308 e. The Morgan fingerprint density at radius 1 is 1.21 bits per heavy atom. The van der Waals surface area contributed by atoms with Crippen molar-refractivity contribution in [3.63, 3.8) is 0 Å². The van der Waals surface area contributed by atoms with Gasteiger partial charge in [-0.1, -0.05) is 12.1 Å². The van der Waals surface area contributed by atoms with Crippen LogP contribution in [-0.4, -0.2) is 44.0 Å². The third kappa shape index (κ3) is 4.53. The van der Waals surface area contributed by atoms with E-state index in [0.29, 0.717) is 11.4 Å². The molecule has 0 spiro atoms. The highest BCUT2D eigenvalue weighted by Gasteiger charge is 2.31. The van der Waals surface area contributed by atoms with Crippen molar-refractivity contribution in [2.24, 2.45) is 0 Å². The molecule has 0 fully saturated rings. The largest absolute Gasteiger partial charge is 0.496 e. The van der Waals surface area contributed by atoms with Crippen molar-refractivity contribution in [3.8, 4) is 11.5 Å². The zero-order chi connectivity index (χ0) is 21.0. The third-order valence-electron chi connectivity index (χ3n) is 4.44. The summed E-state index contributed by atoms with van der Waals surface area (Å²) in [5.41, 5.74) is 0.565. The van der Waals surface area contributed by atoms with E-state index in [9.17, 15) is 18.8 Å². The highest BCUT2D eigenvalue weighted by atomic mass is 19.1. The Morgan fingerprint density at radius 2 is 1.97 bits per heavy atom. The van der Waals surface area contributed by atoms with Gasteiger partial charge in [0.15, 0.2) is 12.7 Å². The monoisotopic (exact) mass is 401 g/mol. The maximum absolute atomic E-state index is 13.4. The van der Waals surface area contributed by atoms with Gasteiger partial charge in [-0.2, -0.15) is 0 Å². The normalized spacial score (nSPS) is 15.3. The summed E-state index contributed by atoms with van der Waals surface area (Å²) < 4.78 is 29.0. The van der Waals surface area contributed by atoms with Gasteiger partial charge < -0.3 is 19.1 Å². The summed E-state index contributed by atoms with van der Waals surface area (Å²) in [5.74, 6) is -1.36. The molecule has 0 saturated heterocycles. The molecule has 1 aliphatic heterocycles. The average Bonchev–Trinajstić information content (AvgIpc) is 2.72. The Balaban J connectivity index is 1.59. The number of methoxy groups -OCH3 is 1. The number of carbonyl (C=O) groups is 3. The minimum absolute atomic E-state index is 0.00795. The average molecular weight is 401 g/mol. The molecule has 29 heavy (non-hydrogen) atoms. The van der Waals surface area contributed by atoms with E-state index >= 15 is 0 Å². The van der Waals surface area contributed by atoms with Crippen LogP contribution in [0.2, 0.25) is 0 Å². The molecule has 1 unspecified atom stereocenters. The predicted molar refractivity (Wildman–Crippen MR) is 102 cm³/mol. The van der Waals surface area contributed by atoms with Gasteiger partial charge in [-0.25, -0.2) is 4.39 Å². The Kier molecular flexibility index (Phi) is 6.11. The van der Waals surface area contributed by atoms with Gasteiger partial charge in [0.2, 0.25) is 5.78 Å². The molecule has 1 aliphatic rings. The molecule has 0 bridgehead atoms. The second-order valence-electron chi connectivity index (χ2n) is 6.40. The second-order valence-corrected chi connectivity index (χ2v) is 6.40. The first-order valence-electron chi connectivity index (χ1n) is 9.00. The lowest BCUT2D eigenvalue weighted by Gasteiger charge is -2.32. The molecule has 0 saturated carbocycles. The van der Waals surface area contributed by atoms with Crippen molar-refractivity contribution in [1.29, 1.82) is 0 Å². The molecule has 8 heteroatoms. The SMILES string of the molecule is COc1ccc(F)cc1C(=O)COC(=O)CCN1C(=O)C(C)Oc2ccccc21. The van der Waals surface area contributed by atoms with Gasteiger partial charge >= 0.3 is 5.97 Å². The van der Waals surface area contributed by atoms with Crippen LogP contribution < -0.4 is 14.4 Å². The molecule has 3 rings (SSSR count). The molecular weight excluding hydrogens is 381 g/mol. The summed E-state index contributed by atoms with van der Waals surface area (Å²) in [7, 11) is 1.36. The van der Waals surface area contributed by atoms with Crippen LogP contribution in [0, 0.1) is 5.82 Å². The quantitative estimate of drug-likeness (QED) is 0.524. The minimum Gasteiger partial charge on any atom is -0.496 e. The zero-order valence-corrected chi connectivity index (χ0v) is 16.0. The van der Waals surface area contributed by atoms with Gasteiger partial charge in [-0.3, -0.25) is 14.4 Å². The first-order chi connectivity index (χ1) is 13.9. The topological polar surface area (TPSA) is 82.1 Å².